The molecule has 0 saturated carbocycles. The number of halogens is 1. The predicted octanol–water partition coefficient (Wildman–Crippen LogP) is 2.35. The first kappa shape index (κ1) is 18.8. The number of nitrogens with one attached hydrogen (secondary N) is 1. The minimum absolute atomic E-state index is 0.0400. The lowest BCUT2D eigenvalue weighted by Gasteiger charge is -2.24. The molecule has 0 fully saturated rings. The number of benzene rings is 1. The van der Waals surface area contributed by atoms with Crippen LogP contribution in [0.25, 0.3) is 0 Å². The lowest BCUT2D eigenvalue weighted by atomic mass is 10.1. The highest BCUT2D eigenvalue weighted by atomic mass is 35.5. The first-order valence-corrected chi connectivity index (χ1v) is 9.55. The van der Waals surface area contributed by atoms with Crippen LogP contribution in [0.5, 0.6) is 0 Å². The normalized spacial score (nSPS) is 12.7. The third kappa shape index (κ3) is 7.13. The summed E-state index contributed by atoms with van der Waals surface area (Å²) in [6, 6.07) is 7.00. The van der Waals surface area contributed by atoms with Gasteiger partial charge in [0.1, 0.15) is 9.84 Å². The SMILES string of the molecule is C[C@H](CS(C)(=O)=O)N(C)C(=O)NCCCc1ccc(Cl)cc1. The van der Waals surface area contributed by atoms with Gasteiger partial charge < -0.3 is 10.2 Å². The first-order valence-electron chi connectivity index (χ1n) is 7.12. The van der Waals surface area contributed by atoms with Crippen molar-refractivity contribution in [1.29, 1.82) is 0 Å². The largest absolute Gasteiger partial charge is 0.338 e. The number of aryl methyl sites for hydroxylation is 1. The molecular formula is C15H23ClN2O3S. The van der Waals surface area contributed by atoms with E-state index < -0.39 is 9.84 Å². The Morgan fingerprint density at radius 1 is 1.32 bits per heavy atom. The van der Waals surface area contributed by atoms with Gasteiger partial charge in [0.05, 0.1) is 5.75 Å². The van der Waals surface area contributed by atoms with Crippen molar-refractivity contribution < 1.29 is 13.2 Å². The van der Waals surface area contributed by atoms with Crippen LogP contribution in [-0.2, 0) is 16.3 Å². The maximum Gasteiger partial charge on any atom is 0.317 e. The summed E-state index contributed by atoms with van der Waals surface area (Å²) in [6.45, 7) is 2.26. The molecule has 2 amide bonds. The number of nitrogens with zero attached hydrogens (tertiary/aromatic N) is 1. The zero-order chi connectivity index (χ0) is 16.8. The predicted molar refractivity (Wildman–Crippen MR) is 90.1 cm³/mol. The zero-order valence-corrected chi connectivity index (χ0v) is 14.7. The number of hydrogen-bond donors (Lipinski definition) is 1. The van der Waals surface area contributed by atoms with Crippen LogP contribution < -0.4 is 5.32 Å². The highest BCUT2D eigenvalue weighted by Crippen LogP contribution is 2.10. The molecule has 5 nitrogen and oxygen atoms in total. The van der Waals surface area contributed by atoms with E-state index in [1.54, 1.807) is 14.0 Å². The van der Waals surface area contributed by atoms with Gasteiger partial charge in [-0.2, -0.15) is 0 Å². The van der Waals surface area contributed by atoms with Crippen molar-refractivity contribution in [2.24, 2.45) is 0 Å². The fraction of sp³-hybridized carbons (Fsp3) is 0.533. The van der Waals surface area contributed by atoms with Crippen molar-refractivity contribution >= 4 is 27.5 Å². The van der Waals surface area contributed by atoms with Crippen molar-refractivity contribution in [1.82, 2.24) is 10.2 Å². The van der Waals surface area contributed by atoms with Gasteiger partial charge in [0, 0.05) is 30.9 Å². The molecule has 1 rings (SSSR count). The Morgan fingerprint density at radius 2 is 1.91 bits per heavy atom. The van der Waals surface area contributed by atoms with Crippen molar-refractivity contribution in [3.8, 4) is 0 Å². The van der Waals surface area contributed by atoms with Gasteiger partial charge in [-0.1, -0.05) is 23.7 Å². The van der Waals surface area contributed by atoms with E-state index in [4.69, 9.17) is 11.6 Å². The van der Waals surface area contributed by atoms with Gasteiger partial charge in [-0.15, -0.1) is 0 Å². The summed E-state index contributed by atoms with van der Waals surface area (Å²) in [5.74, 6) is -0.0400. The minimum atomic E-state index is -3.10. The van der Waals surface area contributed by atoms with Gasteiger partial charge in [-0.3, -0.25) is 0 Å². The molecule has 7 heteroatoms. The average Bonchev–Trinajstić information content (AvgIpc) is 2.42. The molecule has 1 aromatic carbocycles. The summed E-state index contributed by atoms with van der Waals surface area (Å²) in [6.07, 6.45) is 2.82. The Hall–Kier alpha value is -1.27. The lowest BCUT2D eigenvalue weighted by molar-refractivity contribution is 0.198. The summed E-state index contributed by atoms with van der Waals surface area (Å²) in [5, 5.41) is 3.50. The maximum atomic E-state index is 11.9. The Kier molecular flexibility index (Phi) is 7.16. The highest BCUT2D eigenvalue weighted by molar-refractivity contribution is 7.90. The third-order valence-corrected chi connectivity index (χ3v) is 4.70. The van der Waals surface area contributed by atoms with Crippen molar-refractivity contribution in [2.75, 3.05) is 25.6 Å². The van der Waals surface area contributed by atoms with E-state index in [0.717, 1.165) is 18.4 Å². The fourth-order valence-corrected chi connectivity index (χ4v) is 3.24. The van der Waals surface area contributed by atoms with Crippen molar-refractivity contribution in [3.63, 3.8) is 0 Å². The first-order chi connectivity index (χ1) is 10.2. The van der Waals surface area contributed by atoms with Crippen LogP contribution in [0.4, 0.5) is 4.79 Å². The van der Waals surface area contributed by atoms with Crippen LogP contribution in [0.3, 0.4) is 0 Å². The summed E-state index contributed by atoms with van der Waals surface area (Å²) in [7, 11) is -1.50. The Bertz CT molecular complexity index is 587. The molecule has 0 bridgehead atoms. The standard InChI is InChI=1S/C15H23ClN2O3S/c1-12(11-22(3,20)21)18(2)15(19)17-10-4-5-13-6-8-14(16)9-7-13/h6-9,12H,4-5,10-11H2,1-3H3,(H,17,19)/t12-/m1/s1. The molecule has 124 valence electrons. The van der Waals surface area contributed by atoms with Crippen LogP contribution in [0.15, 0.2) is 24.3 Å². The summed E-state index contributed by atoms with van der Waals surface area (Å²) in [5.41, 5.74) is 1.16. The van der Waals surface area contributed by atoms with Crippen LogP contribution in [0, 0.1) is 0 Å². The van der Waals surface area contributed by atoms with Crippen LogP contribution in [0.2, 0.25) is 5.02 Å². The molecule has 0 aliphatic carbocycles. The van der Waals surface area contributed by atoms with Gasteiger partial charge in [-0.25, -0.2) is 13.2 Å². The monoisotopic (exact) mass is 346 g/mol. The Labute approximate surface area is 137 Å². The number of amides is 2. The molecule has 0 saturated heterocycles. The molecule has 1 aromatic rings. The van der Waals surface area contributed by atoms with E-state index in [-0.39, 0.29) is 17.8 Å². The third-order valence-electron chi connectivity index (χ3n) is 3.36. The minimum Gasteiger partial charge on any atom is -0.338 e. The maximum absolute atomic E-state index is 11.9. The van der Waals surface area contributed by atoms with E-state index in [0.29, 0.717) is 11.6 Å². The number of rotatable bonds is 7. The van der Waals surface area contributed by atoms with Crippen molar-refractivity contribution in [2.45, 2.75) is 25.8 Å². The van der Waals surface area contributed by atoms with Crippen LogP contribution in [0.1, 0.15) is 18.9 Å². The zero-order valence-electron chi connectivity index (χ0n) is 13.2. The molecule has 1 N–H and O–H groups in total. The number of carbonyl (C=O) groups is 1. The number of urea groups is 1. The van der Waals surface area contributed by atoms with E-state index in [2.05, 4.69) is 5.32 Å². The summed E-state index contributed by atoms with van der Waals surface area (Å²) < 4.78 is 22.5. The fourth-order valence-electron chi connectivity index (χ4n) is 2.01. The van der Waals surface area contributed by atoms with E-state index in [1.807, 2.05) is 24.3 Å². The molecule has 22 heavy (non-hydrogen) atoms. The molecule has 0 unspecified atom stereocenters. The lowest BCUT2D eigenvalue weighted by Crippen LogP contribution is -2.45. The van der Waals surface area contributed by atoms with E-state index in [1.165, 1.54) is 11.2 Å². The van der Waals surface area contributed by atoms with Gasteiger partial charge in [0.15, 0.2) is 0 Å². The molecule has 0 aliphatic rings. The Morgan fingerprint density at radius 3 is 2.45 bits per heavy atom. The van der Waals surface area contributed by atoms with Gasteiger partial charge in [0.25, 0.3) is 0 Å². The number of hydrogen-bond acceptors (Lipinski definition) is 3. The topological polar surface area (TPSA) is 66.5 Å². The van der Waals surface area contributed by atoms with Gasteiger partial charge in [0.2, 0.25) is 0 Å². The highest BCUT2D eigenvalue weighted by Gasteiger charge is 2.19. The van der Waals surface area contributed by atoms with Crippen LogP contribution in [-0.4, -0.2) is 51.0 Å². The average molecular weight is 347 g/mol. The second-order valence-corrected chi connectivity index (χ2v) is 8.14. The van der Waals surface area contributed by atoms with Crippen molar-refractivity contribution in [3.05, 3.63) is 34.9 Å². The van der Waals surface area contributed by atoms with E-state index in [9.17, 15) is 13.2 Å². The second-order valence-electron chi connectivity index (χ2n) is 5.51. The number of sulfone groups is 1. The quantitative estimate of drug-likeness (QED) is 0.771. The molecule has 0 aliphatic heterocycles. The summed E-state index contributed by atoms with van der Waals surface area (Å²) in [4.78, 5) is 13.3. The second kappa shape index (κ2) is 8.39. The van der Waals surface area contributed by atoms with Gasteiger partial charge >= 0.3 is 6.03 Å². The molecular weight excluding hydrogens is 324 g/mol. The summed E-state index contributed by atoms with van der Waals surface area (Å²) >= 11 is 5.82. The molecule has 0 heterocycles. The molecule has 0 radical (unpaired) electrons. The molecule has 0 aromatic heterocycles. The molecule has 1 atom stereocenters. The Balaban J connectivity index is 2.31. The smallest absolute Gasteiger partial charge is 0.317 e. The van der Waals surface area contributed by atoms with Gasteiger partial charge in [-0.05, 0) is 37.5 Å². The van der Waals surface area contributed by atoms with E-state index >= 15 is 0 Å². The van der Waals surface area contributed by atoms with Crippen LogP contribution >= 0.6 is 11.6 Å². The number of carbonyl (C=O) groups excluding carboxylic acids is 1. The molecule has 0 spiro atoms.